The highest BCUT2D eigenvalue weighted by molar-refractivity contribution is 6.30. The number of carbonyl (C=O) groups is 2. The zero-order valence-corrected chi connectivity index (χ0v) is 16.6. The standard InChI is InChI=1S/C23H17ClFN3O2/c24-17-9-7-16(8-10-17)23-14-15-4-1-2-5-18(15)21(29)27(23)12-13-28(23)22(30)20-19(25)6-3-11-26-20/h1-11H,12-14H2. The molecule has 1 saturated heterocycles. The van der Waals surface area contributed by atoms with E-state index in [9.17, 15) is 14.0 Å². The van der Waals surface area contributed by atoms with Gasteiger partial charge in [-0.2, -0.15) is 0 Å². The van der Waals surface area contributed by atoms with Gasteiger partial charge in [0, 0.05) is 36.3 Å². The fourth-order valence-corrected chi connectivity index (χ4v) is 4.67. The van der Waals surface area contributed by atoms with E-state index in [0.717, 1.165) is 11.1 Å². The molecule has 0 bridgehead atoms. The van der Waals surface area contributed by atoms with E-state index in [4.69, 9.17) is 11.6 Å². The molecule has 2 aliphatic rings. The molecule has 2 aliphatic heterocycles. The largest absolute Gasteiger partial charge is 0.309 e. The maximum Gasteiger partial charge on any atom is 0.277 e. The first-order valence-corrected chi connectivity index (χ1v) is 9.98. The van der Waals surface area contributed by atoms with Crippen LogP contribution in [0.1, 0.15) is 32.0 Å². The zero-order valence-electron chi connectivity index (χ0n) is 15.9. The van der Waals surface area contributed by atoms with E-state index in [0.29, 0.717) is 23.6 Å². The Labute approximate surface area is 177 Å². The molecule has 0 N–H and O–H groups in total. The Hall–Kier alpha value is -3.25. The summed E-state index contributed by atoms with van der Waals surface area (Å²) in [5, 5.41) is 0.552. The number of fused-ring (bicyclic) bond motifs is 2. The Morgan fingerprint density at radius 2 is 1.80 bits per heavy atom. The smallest absolute Gasteiger partial charge is 0.277 e. The molecule has 1 unspecified atom stereocenters. The summed E-state index contributed by atoms with van der Waals surface area (Å²) >= 11 is 6.10. The SMILES string of the molecule is O=C1c2ccccc2CC2(c3ccc(Cl)cc3)N1CCN2C(=O)c1ncccc1F. The van der Waals surface area contributed by atoms with Crippen LogP contribution in [0.15, 0.2) is 66.9 Å². The van der Waals surface area contributed by atoms with Gasteiger partial charge in [-0.15, -0.1) is 0 Å². The monoisotopic (exact) mass is 421 g/mol. The van der Waals surface area contributed by atoms with Gasteiger partial charge in [0.05, 0.1) is 0 Å². The molecule has 1 aromatic heterocycles. The number of halogens is 2. The van der Waals surface area contributed by atoms with Crippen molar-refractivity contribution >= 4 is 23.4 Å². The molecular weight excluding hydrogens is 405 g/mol. The number of hydrogen-bond acceptors (Lipinski definition) is 3. The van der Waals surface area contributed by atoms with Gasteiger partial charge in [-0.1, -0.05) is 41.9 Å². The minimum Gasteiger partial charge on any atom is -0.309 e. The molecule has 1 fully saturated rings. The van der Waals surface area contributed by atoms with Gasteiger partial charge in [0.2, 0.25) is 0 Å². The molecule has 1 atom stereocenters. The first-order chi connectivity index (χ1) is 14.5. The summed E-state index contributed by atoms with van der Waals surface area (Å²) in [5.74, 6) is -1.38. The van der Waals surface area contributed by atoms with Gasteiger partial charge in [0.15, 0.2) is 11.5 Å². The van der Waals surface area contributed by atoms with E-state index < -0.39 is 17.4 Å². The maximum atomic E-state index is 14.4. The molecule has 0 spiro atoms. The third-order valence-corrected chi connectivity index (χ3v) is 6.13. The zero-order chi connectivity index (χ0) is 20.9. The molecule has 7 heteroatoms. The predicted molar refractivity (Wildman–Crippen MR) is 110 cm³/mol. The topological polar surface area (TPSA) is 53.5 Å². The number of hydrogen-bond donors (Lipinski definition) is 0. The third-order valence-electron chi connectivity index (χ3n) is 5.88. The second-order valence-electron chi connectivity index (χ2n) is 7.40. The van der Waals surface area contributed by atoms with Crippen LogP contribution in [0, 0.1) is 5.82 Å². The van der Waals surface area contributed by atoms with Gasteiger partial charge >= 0.3 is 0 Å². The number of benzene rings is 2. The molecule has 3 aromatic rings. The van der Waals surface area contributed by atoms with Crippen LogP contribution in [0.5, 0.6) is 0 Å². The Kier molecular flexibility index (Phi) is 4.33. The fourth-order valence-electron chi connectivity index (χ4n) is 4.54. The second kappa shape index (κ2) is 6.92. The van der Waals surface area contributed by atoms with Crippen molar-refractivity contribution in [2.75, 3.05) is 13.1 Å². The van der Waals surface area contributed by atoms with Crippen LogP contribution in [-0.4, -0.2) is 39.7 Å². The molecule has 5 nitrogen and oxygen atoms in total. The lowest BCUT2D eigenvalue weighted by molar-refractivity contribution is 0.00720. The normalized spacial score (nSPS) is 20.1. The van der Waals surface area contributed by atoms with Crippen molar-refractivity contribution in [1.82, 2.24) is 14.8 Å². The van der Waals surface area contributed by atoms with Crippen LogP contribution in [0.25, 0.3) is 0 Å². The van der Waals surface area contributed by atoms with Crippen LogP contribution in [-0.2, 0) is 12.1 Å². The minimum absolute atomic E-state index is 0.149. The lowest BCUT2D eigenvalue weighted by atomic mass is 9.83. The van der Waals surface area contributed by atoms with Crippen molar-refractivity contribution in [2.45, 2.75) is 12.1 Å². The highest BCUT2D eigenvalue weighted by atomic mass is 35.5. The summed E-state index contributed by atoms with van der Waals surface area (Å²) < 4.78 is 14.4. The summed E-state index contributed by atoms with van der Waals surface area (Å²) in [6, 6.07) is 17.1. The lowest BCUT2D eigenvalue weighted by Gasteiger charge is -2.47. The molecule has 0 saturated carbocycles. The summed E-state index contributed by atoms with van der Waals surface area (Å²) in [6.07, 6.45) is 1.79. The Balaban J connectivity index is 1.71. The van der Waals surface area contributed by atoms with Crippen molar-refractivity contribution in [3.63, 3.8) is 0 Å². The number of nitrogens with zero attached hydrogens (tertiary/aromatic N) is 3. The summed E-state index contributed by atoms with van der Waals surface area (Å²) in [7, 11) is 0. The Morgan fingerprint density at radius 3 is 2.57 bits per heavy atom. The summed E-state index contributed by atoms with van der Waals surface area (Å²) in [5.41, 5.74) is 0.892. The Morgan fingerprint density at radius 1 is 1.03 bits per heavy atom. The van der Waals surface area contributed by atoms with Gasteiger partial charge in [0.25, 0.3) is 11.8 Å². The van der Waals surface area contributed by atoms with Crippen LogP contribution in [0.2, 0.25) is 5.02 Å². The van der Waals surface area contributed by atoms with E-state index in [2.05, 4.69) is 4.98 Å². The van der Waals surface area contributed by atoms with E-state index in [1.807, 2.05) is 30.3 Å². The maximum absolute atomic E-state index is 14.4. The second-order valence-corrected chi connectivity index (χ2v) is 7.84. The van der Waals surface area contributed by atoms with Gasteiger partial charge in [-0.25, -0.2) is 9.37 Å². The highest BCUT2D eigenvalue weighted by Crippen LogP contribution is 2.45. The molecule has 30 heavy (non-hydrogen) atoms. The van der Waals surface area contributed by atoms with Crippen molar-refractivity contribution in [3.05, 3.63) is 100 Å². The molecule has 0 radical (unpaired) electrons. The van der Waals surface area contributed by atoms with Gasteiger partial charge in [-0.05, 0) is 41.5 Å². The molecule has 5 rings (SSSR count). The molecule has 0 aliphatic carbocycles. The van der Waals surface area contributed by atoms with Gasteiger partial charge in [-0.3, -0.25) is 9.59 Å². The molecule has 2 aromatic carbocycles. The average Bonchev–Trinajstić information content (AvgIpc) is 3.15. The van der Waals surface area contributed by atoms with Gasteiger partial charge in [0.1, 0.15) is 5.66 Å². The van der Waals surface area contributed by atoms with Crippen LogP contribution < -0.4 is 0 Å². The van der Waals surface area contributed by atoms with Crippen LogP contribution in [0.4, 0.5) is 4.39 Å². The highest BCUT2D eigenvalue weighted by Gasteiger charge is 2.56. The number of aromatic nitrogens is 1. The molecular formula is C23H17ClFN3O2. The first-order valence-electron chi connectivity index (χ1n) is 9.61. The predicted octanol–water partition coefficient (Wildman–Crippen LogP) is 3.88. The summed E-state index contributed by atoms with van der Waals surface area (Å²) in [6.45, 7) is 0.618. The van der Waals surface area contributed by atoms with E-state index in [1.54, 1.807) is 28.0 Å². The quantitative estimate of drug-likeness (QED) is 0.631. The molecule has 2 amide bonds. The number of carbonyl (C=O) groups excluding carboxylic acids is 2. The molecule has 150 valence electrons. The van der Waals surface area contributed by atoms with Crippen molar-refractivity contribution < 1.29 is 14.0 Å². The van der Waals surface area contributed by atoms with Crippen molar-refractivity contribution in [3.8, 4) is 0 Å². The third kappa shape index (κ3) is 2.64. The minimum atomic E-state index is -1.07. The fraction of sp³-hybridized carbons (Fsp3) is 0.174. The number of pyridine rings is 1. The molecule has 3 heterocycles. The van der Waals surface area contributed by atoms with Crippen LogP contribution >= 0.6 is 11.6 Å². The van der Waals surface area contributed by atoms with E-state index in [-0.39, 0.29) is 18.1 Å². The average molecular weight is 422 g/mol. The first kappa shape index (κ1) is 18.8. The van der Waals surface area contributed by atoms with E-state index >= 15 is 0 Å². The van der Waals surface area contributed by atoms with Crippen LogP contribution in [0.3, 0.4) is 0 Å². The van der Waals surface area contributed by atoms with Crippen molar-refractivity contribution in [2.24, 2.45) is 0 Å². The van der Waals surface area contributed by atoms with E-state index in [1.165, 1.54) is 18.3 Å². The van der Waals surface area contributed by atoms with Gasteiger partial charge < -0.3 is 9.80 Å². The van der Waals surface area contributed by atoms with Crippen molar-refractivity contribution in [1.29, 1.82) is 0 Å². The lowest BCUT2D eigenvalue weighted by Crippen LogP contribution is -2.58. The summed E-state index contributed by atoms with van der Waals surface area (Å²) in [4.78, 5) is 34.1. The number of rotatable bonds is 2. The Bertz CT molecular complexity index is 1170. The number of amides is 2.